The molecule has 0 bridgehead atoms. The molecule has 3 rings (SSSR count). The molecule has 31 heavy (non-hydrogen) atoms. The van der Waals surface area contributed by atoms with Gasteiger partial charge in [0.2, 0.25) is 0 Å². The molecule has 1 aliphatic rings. The average Bonchev–Trinajstić information content (AvgIpc) is 2.80. The summed E-state index contributed by atoms with van der Waals surface area (Å²) in [5.41, 5.74) is 3.16. The molecule has 1 aliphatic heterocycles. The van der Waals surface area contributed by atoms with Gasteiger partial charge < -0.3 is 24.4 Å². The summed E-state index contributed by atoms with van der Waals surface area (Å²) in [5.74, 6) is 0.621. The lowest BCUT2D eigenvalue weighted by Crippen LogP contribution is -2.38. The van der Waals surface area contributed by atoms with Crippen molar-refractivity contribution in [3.63, 3.8) is 0 Å². The zero-order chi connectivity index (χ0) is 22.1. The molecule has 168 valence electrons. The number of ether oxygens (including phenoxy) is 3. The van der Waals surface area contributed by atoms with Gasteiger partial charge >= 0.3 is 0 Å². The van der Waals surface area contributed by atoms with Crippen molar-refractivity contribution in [2.75, 3.05) is 34.4 Å². The number of nitrogens with zero attached hydrogens (tertiary/aromatic N) is 2. The van der Waals surface area contributed by atoms with Crippen LogP contribution in [0.15, 0.2) is 47.5 Å². The summed E-state index contributed by atoms with van der Waals surface area (Å²) in [6.07, 6.45) is 2.24. The number of guanidine groups is 1. The van der Waals surface area contributed by atoms with Gasteiger partial charge in [0.15, 0.2) is 17.5 Å². The second kappa shape index (κ2) is 11.7. The Labute approximate surface area is 184 Å². The van der Waals surface area contributed by atoms with E-state index >= 15 is 0 Å². The molecule has 0 unspecified atom stereocenters. The summed E-state index contributed by atoms with van der Waals surface area (Å²) in [4.78, 5) is 6.29. The molecule has 2 aromatic carbocycles. The molecule has 0 amide bonds. The maximum absolute atomic E-state index is 13.9. The molecule has 1 N–H and O–H groups in total. The van der Waals surface area contributed by atoms with Gasteiger partial charge in [0.25, 0.3) is 0 Å². The first-order chi connectivity index (χ1) is 15.1. The van der Waals surface area contributed by atoms with E-state index in [2.05, 4.69) is 34.6 Å². The third-order valence-electron chi connectivity index (χ3n) is 5.34. The maximum atomic E-state index is 13.9. The van der Waals surface area contributed by atoms with Crippen LogP contribution in [0.2, 0.25) is 0 Å². The SMILES string of the molecule is CN=C(NCc1ccc(COC2CCOCC2)cc1)N(C)Cc1ccc(OC)c(F)c1. The largest absolute Gasteiger partial charge is 0.494 e. The number of methoxy groups -OCH3 is 1. The number of nitrogens with one attached hydrogen (secondary N) is 1. The average molecular weight is 430 g/mol. The third-order valence-corrected chi connectivity index (χ3v) is 5.34. The standard InChI is InChI=1S/C24H32FN3O3/c1-26-24(28(2)16-20-8-9-23(29-3)22(25)14-20)27-15-18-4-6-19(7-5-18)17-31-21-10-12-30-13-11-21/h4-9,14,21H,10-13,15-17H2,1-3H3,(H,26,27). The van der Waals surface area contributed by atoms with Crippen molar-refractivity contribution in [2.24, 2.45) is 4.99 Å². The topological polar surface area (TPSA) is 55.3 Å². The molecule has 2 aromatic rings. The van der Waals surface area contributed by atoms with E-state index in [4.69, 9.17) is 14.2 Å². The molecular weight excluding hydrogens is 397 g/mol. The highest BCUT2D eigenvalue weighted by Gasteiger charge is 2.14. The van der Waals surface area contributed by atoms with Crippen LogP contribution in [0.3, 0.4) is 0 Å². The van der Waals surface area contributed by atoms with Crippen LogP contribution >= 0.6 is 0 Å². The lowest BCUT2D eigenvalue weighted by molar-refractivity contribution is -0.0390. The Morgan fingerprint density at radius 3 is 2.45 bits per heavy atom. The van der Waals surface area contributed by atoms with Crippen molar-refractivity contribution in [3.05, 3.63) is 65.0 Å². The molecule has 0 saturated carbocycles. The smallest absolute Gasteiger partial charge is 0.193 e. The molecule has 0 atom stereocenters. The van der Waals surface area contributed by atoms with E-state index in [1.165, 1.54) is 18.7 Å². The summed E-state index contributed by atoms with van der Waals surface area (Å²) in [7, 11) is 5.13. The zero-order valence-electron chi connectivity index (χ0n) is 18.6. The van der Waals surface area contributed by atoms with Gasteiger partial charge in [0, 0.05) is 40.4 Å². The van der Waals surface area contributed by atoms with E-state index in [-0.39, 0.29) is 11.6 Å². The highest BCUT2D eigenvalue weighted by Crippen LogP contribution is 2.18. The van der Waals surface area contributed by atoms with E-state index in [0.29, 0.717) is 25.8 Å². The van der Waals surface area contributed by atoms with Crippen molar-refractivity contribution in [2.45, 2.75) is 38.6 Å². The van der Waals surface area contributed by atoms with Crippen molar-refractivity contribution >= 4 is 5.96 Å². The highest BCUT2D eigenvalue weighted by molar-refractivity contribution is 5.79. The molecule has 1 fully saturated rings. The molecule has 7 heteroatoms. The fourth-order valence-corrected chi connectivity index (χ4v) is 3.53. The van der Waals surface area contributed by atoms with Crippen LogP contribution in [-0.4, -0.2) is 51.4 Å². The predicted octanol–water partition coefficient (Wildman–Crippen LogP) is 3.74. The zero-order valence-corrected chi connectivity index (χ0v) is 18.6. The first kappa shape index (κ1) is 23.0. The van der Waals surface area contributed by atoms with Gasteiger partial charge in [-0.15, -0.1) is 0 Å². The van der Waals surface area contributed by atoms with Gasteiger partial charge in [-0.2, -0.15) is 0 Å². The molecular formula is C24H32FN3O3. The van der Waals surface area contributed by atoms with E-state index in [9.17, 15) is 4.39 Å². The minimum atomic E-state index is -0.364. The molecule has 0 radical (unpaired) electrons. The summed E-state index contributed by atoms with van der Waals surface area (Å²) >= 11 is 0. The monoisotopic (exact) mass is 429 g/mol. The number of rotatable bonds is 8. The van der Waals surface area contributed by atoms with Gasteiger partial charge in [-0.3, -0.25) is 4.99 Å². The van der Waals surface area contributed by atoms with Crippen LogP contribution in [0.25, 0.3) is 0 Å². The second-order valence-electron chi connectivity index (χ2n) is 7.66. The Bertz CT molecular complexity index is 852. The van der Waals surface area contributed by atoms with Gasteiger partial charge in [-0.1, -0.05) is 30.3 Å². The number of hydrogen-bond acceptors (Lipinski definition) is 4. The van der Waals surface area contributed by atoms with Crippen molar-refractivity contribution in [1.29, 1.82) is 0 Å². The fraction of sp³-hybridized carbons (Fsp3) is 0.458. The van der Waals surface area contributed by atoms with Crippen LogP contribution in [0.5, 0.6) is 5.75 Å². The van der Waals surface area contributed by atoms with Crippen molar-refractivity contribution in [1.82, 2.24) is 10.2 Å². The van der Waals surface area contributed by atoms with Crippen LogP contribution in [0.1, 0.15) is 29.5 Å². The normalized spacial score (nSPS) is 15.0. The Kier molecular flexibility index (Phi) is 8.67. The Morgan fingerprint density at radius 2 is 1.81 bits per heavy atom. The van der Waals surface area contributed by atoms with Crippen LogP contribution in [0.4, 0.5) is 4.39 Å². The predicted molar refractivity (Wildman–Crippen MR) is 120 cm³/mol. The lowest BCUT2D eigenvalue weighted by atomic mass is 10.1. The van der Waals surface area contributed by atoms with E-state index < -0.39 is 0 Å². The summed E-state index contributed by atoms with van der Waals surface area (Å²) in [5, 5.41) is 3.36. The van der Waals surface area contributed by atoms with Gasteiger partial charge in [-0.25, -0.2) is 4.39 Å². The highest BCUT2D eigenvalue weighted by atomic mass is 19.1. The molecule has 0 aromatic heterocycles. The van der Waals surface area contributed by atoms with Crippen LogP contribution in [-0.2, 0) is 29.2 Å². The quantitative estimate of drug-likeness (QED) is 0.512. The van der Waals surface area contributed by atoms with Gasteiger partial charge in [-0.05, 0) is 41.7 Å². The van der Waals surface area contributed by atoms with E-state index in [0.717, 1.165) is 43.1 Å². The molecule has 0 aliphatic carbocycles. The van der Waals surface area contributed by atoms with Crippen molar-refractivity contribution < 1.29 is 18.6 Å². The summed E-state index contributed by atoms with van der Waals surface area (Å²) in [6, 6.07) is 13.4. The first-order valence-corrected chi connectivity index (χ1v) is 10.6. The summed E-state index contributed by atoms with van der Waals surface area (Å²) in [6.45, 7) is 3.39. The van der Waals surface area contributed by atoms with Crippen LogP contribution in [0, 0.1) is 5.82 Å². The Morgan fingerprint density at radius 1 is 1.13 bits per heavy atom. The maximum Gasteiger partial charge on any atom is 0.193 e. The van der Waals surface area contributed by atoms with E-state index in [1.54, 1.807) is 13.1 Å². The Hall–Kier alpha value is -2.64. The lowest BCUT2D eigenvalue weighted by Gasteiger charge is -2.23. The number of hydrogen-bond donors (Lipinski definition) is 1. The van der Waals surface area contributed by atoms with Crippen molar-refractivity contribution in [3.8, 4) is 5.75 Å². The minimum Gasteiger partial charge on any atom is -0.494 e. The number of halogens is 1. The number of benzene rings is 2. The molecule has 6 nitrogen and oxygen atoms in total. The minimum absolute atomic E-state index is 0.246. The summed E-state index contributed by atoms with van der Waals surface area (Å²) < 4.78 is 30.3. The van der Waals surface area contributed by atoms with Crippen LogP contribution < -0.4 is 10.1 Å². The van der Waals surface area contributed by atoms with Gasteiger partial charge in [0.1, 0.15) is 0 Å². The third kappa shape index (κ3) is 6.94. The molecule has 1 heterocycles. The fourth-order valence-electron chi connectivity index (χ4n) is 3.53. The van der Waals surface area contributed by atoms with E-state index in [1.807, 2.05) is 18.0 Å². The Balaban J connectivity index is 1.47. The second-order valence-corrected chi connectivity index (χ2v) is 7.66. The first-order valence-electron chi connectivity index (χ1n) is 10.6. The van der Waals surface area contributed by atoms with Gasteiger partial charge in [0.05, 0.1) is 19.8 Å². The number of aliphatic imine (C=N–C) groups is 1. The molecule has 1 saturated heterocycles. The molecule has 0 spiro atoms.